The van der Waals surface area contributed by atoms with E-state index in [1.54, 1.807) is 0 Å². The lowest BCUT2D eigenvalue weighted by Gasteiger charge is -2.16. The largest absolute Gasteiger partial charge is 0.331 e. The van der Waals surface area contributed by atoms with Crippen molar-refractivity contribution in [2.75, 3.05) is 0 Å². The highest BCUT2D eigenvalue weighted by molar-refractivity contribution is 5.74. The molecule has 0 saturated carbocycles. The zero-order valence-electron chi connectivity index (χ0n) is 10.3. The van der Waals surface area contributed by atoms with Crippen molar-refractivity contribution >= 4 is 6.29 Å². The number of fused-ring (bicyclic) bond motifs is 1. The average molecular weight is 240 g/mol. The minimum absolute atomic E-state index is 0.621. The van der Waals surface area contributed by atoms with Crippen LogP contribution in [-0.4, -0.2) is 15.8 Å². The Morgan fingerprint density at radius 1 is 1.22 bits per heavy atom. The lowest BCUT2D eigenvalue weighted by Crippen LogP contribution is -2.13. The zero-order valence-corrected chi connectivity index (χ0v) is 10.3. The molecular weight excluding hydrogens is 224 g/mol. The van der Waals surface area contributed by atoms with Gasteiger partial charge in [-0.15, -0.1) is 0 Å². The maximum Gasteiger partial charge on any atom is 0.170 e. The summed E-state index contributed by atoms with van der Waals surface area (Å²) >= 11 is 0. The van der Waals surface area contributed by atoms with Gasteiger partial charge < -0.3 is 4.57 Å². The maximum absolute atomic E-state index is 11.2. The highest BCUT2D eigenvalue weighted by Gasteiger charge is 2.19. The maximum atomic E-state index is 11.2. The first kappa shape index (κ1) is 11.2. The van der Waals surface area contributed by atoms with Crippen LogP contribution >= 0.6 is 0 Å². The predicted octanol–water partition coefficient (Wildman–Crippen LogP) is 2.62. The van der Waals surface area contributed by atoms with Gasteiger partial charge in [0.2, 0.25) is 0 Å². The van der Waals surface area contributed by atoms with Gasteiger partial charge in [0, 0.05) is 19.4 Å². The van der Waals surface area contributed by atoms with Crippen LogP contribution in [0.2, 0.25) is 0 Å². The molecule has 1 aromatic carbocycles. The summed E-state index contributed by atoms with van der Waals surface area (Å²) in [6.45, 7) is 0.998. The third-order valence-corrected chi connectivity index (χ3v) is 3.54. The Bertz CT molecular complexity index is 557. The second kappa shape index (κ2) is 4.77. The number of aryl methyl sites for hydroxylation is 1. The van der Waals surface area contributed by atoms with Crippen LogP contribution in [0.15, 0.2) is 30.3 Å². The van der Waals surface area contributed by atoms with Crippen LogP contribution in [0, 0.1) is 0 Å². The summed E-state index contributed by atoms with van der Waals surface area (Å²) in [5, 5.41) is 0. The van der Waals surface area contributed by atoms with Gasteiger partial charge in [-0.25, -0.2) is 4.98 Å². The molecule has 92 valence electrons. The van der Waals surface area contributed by atoms with E-state index in [1.807, 2.05) is 18.2 Å². The number of imidazole rings is 1. The van der Waals surface area contributed by atoms with Crippen LogP contribution in [0.1, 0.15) is 40.4 Å². The van der Waals surface area contributed by atoms with Gasteiger partial charge in [-0.3, -0.25) is 4.79 Å². The molecule has 3 nitrogen and oxygen atoms in total. The van der Waals surface area contributed by atoms with Crippen LogP contribution in [0.4, 0.5) is 0 Å². The Balaban J connectivity index is 2.00. The smallest absolute Gasteiger partial charge is 0.170 e. The van der Waals surface area contributed by atoms with Gasteiger partial charge in [-0.1, -0.05) is 30.3 Å². The fourth-order valence-electron chi connectivity index (χ4n) is 2.64. The monoisotopic (exact) mass is 240 g/mol. The van der Waals surface area contributed by atoms with Crippen molar-refractivity contribution < 1.29 is 4.79 Å². The fourth-order valence-corrected chi connectivity index (χ4v) is 2.64. The number of benzene rings is 1. The minimum Gasteiger partial charge on any atom is -0.331 e. The zero-order chi connectivity index (χ0) is 12.4. The number of hydrogen-bond donors (Lipinski definition) is 0. The Kier molecular flexibility index (Phi) is 2.97. The SMILES string of the molecule is O=Cc1nc2n(c1Cc1ccccc1)CCCC2. The highest BCUT2D eigenvalue weighted by Crippen LogP contribution is 2.21. The first-order chi connectivity index (χ1) is 8.88. The molecule has 0 fully saturated rings. The van der Waals surface area contributed by atoms with Crippen LogP contribution in [0.3, 0.4) is 0 Å². The molecule has 3 rings (SSSR count). The number of carbonyl (C=O) groups is 1. The topological polar surface area (TPSA) is 34.9 Å². The molecule has 18 heavy (non-hydrogen) atoms. The molecule has 0 saturated heterocycles. The van der Waals surface area contributed by atoms with Crippen LogP contribution < -0.4 is 0 Å². The van der Waals surface area contributed by atoms with E-state index < -0.39 is 0 Å². The van der Waals surface area contributed by atoms with E-state index >= 15 is 0 Å². The molecule has 2 aromatic rings. The number of rotatable bonds is 3. The number of nitrogens with zero attached hydrogens (tertiary/aromatic N) is 2. The molecular formula is C15H16N2O. The number of aldehydes is 1. The summed E-state index contributed by atoms with van der Waals surface area (Å²) in [6.07, 6.45) is 5.05. The first-order valence-corrected chi connectivity index (χ1v) is 6.46. The van der Waals surface area contributed by atoms with E-state index in [-0.39, 0.29) is 0 Å². The van der Waals surface area contributed by atoms with Gasteiger partial charge in [-0.2, -0.15) is 0 Å². The van der Waals surface area contributed by atoms with Crippen molar-refractivity contribution in [1.82, 2.24) is 9.55 Å². The summed E-state index contributed by atoms with van der Waals surface area (Å²) in [7, 11) is 0. The van der Waals surface area contributed by atoms with E-state index in [0.29, 0.717) is 5.69 Å². The van der Waals surface area contributed by atoms with Gasteiger partial charge in [0.25, 0.3) is 0 Å². The summed E-state index contributed by atoms with van der Waals surface area (Å²) in [5.74, 6) is 1.08. The molecule has 0 spiro atoms. The molecule has 3 heteroatoms. The van der Waals surface area contributed by atoms with Gasteiger partial charge in [-0.05, 0) is 18.4 Å². The van der Waals surface area contributed by atoms with E-state index in [2.05, 4.69) is 21.7 Å². The summed E-state index contributed by atoms with van der Waals surface area (Å²) in [4.78, 5) is 15.6. The molecule has 0 atom stereocenters. The summed E-state index contributed by atoms with van der Waals surface area (Å²) in [5.41, 5.74) is 2.93. The molecule has 1 aliphatic heterocycles. The fraction of sp³-hybridized carbons (Fsp3) is 0.333. The third kappa shape index (κ3) is 1.96. The lowest BCUT2D eigenvalue weighted by atomic mass is 10.1. The molecule has 0 aliphatic carbocycles. The molecule has 0 N–H and O–H groups in total. The highest BCUT2D eigenvalue weighted by atomic mass is 16.1. The van der Waals surface area contributed by atoms with Gasteiger partial charge >= 0.3 is 0 Å². The molecule has 0 bridgehead atoms. The van der Waals surface area contributed by atoms with E-state index in [1.165, 1.54) is 18.4 Å². The van der Waals surface area contributed by atoms with Crippen LogP contribution in [-0.2, 0) is 19.4 Å². The van der Waals surface area contributed by atoms with E-state index in [4.69, 9.17) is 0 Å². The Morgan fingerprint density at radius 3 is 2.83 bits per heavy atom. The first-order valence-electron chi connectivity index (χ1n) is 6.46. The minimum atomic E-state index is 0.621. The van der Waals surface area contributed by atoms with E-state index in [0.717, 1.165) is 37.2 Å². The van der Waals surface area contributed by atoms with Crippen molar-refractivity contribution in [3.05, 3.63) is 53.1 Å². The predicted molar refractivity (Wildman–Crippen MR) is 69.8 cm³/mol. The van der Waals surface area contributed by atoms with Crippen molar-refractivity contribution in [2.45, 2.75) is 32.2 Å². The molecule has 2 heterocycles. The molecule has 1 aromatic heterocycles. The van der Waals surface area contributed by atoms with Crippen molar-refractivity contribution in [3.63, 3.8) is 0 Å². The summed E-state index contributed by atoms with van der Waals surface area (Å²) < 4.78 is 2.24. The second-order valence-electron chi connectivity index (χ2n) is 4.75. The van der Waals surface area contributed by atoms with Crippen molar-refractivity contribution in [2.24, 2.45) is 0 Å². The Morgan fingerprint density at radius 2 is 2.06 bits per heavy atom. The molecule has 0 amide bonds. The van der Waals surface area contributed by atoms with Crippen LogP contribution in [0.25, 0.3) is 0 Å². The average Bonchev–Trinajstić information content (AvgIpc) is 2.78. The Hall–Kier alpha value is -1.90. The summed E-state index contributed by atoms with van der Waals surface area (Å²) in [6, 6.07) is 10.3. The normalized spacial score (nSPS) is 14.2. The lowest BCUT2D eigenvalue weighted by molar-refractivity contribution is 0.111. The van der Waals surface area contributed by atoms with Gasteiger partial charge in [0.1, 0.15) is 11.5 Å². The van der Waals surface area contributed by atoms with Gasteiger partial charge in [0.05, 0.1) is 5.69 Å². The Labute approximate surface area is 106 Å². The van der Waals surface area contributed by atoms with Crippen molar-refractivity contribution in [1.29, 1.82) is 0 Å². The second-order valence-corrected chi connectivity index (χ2v) is 4.75. The molecule has 0 unspecified atom stereocenters. The quantitative estimate of drug-likeness (QED) is 0.773. The van der Waals surface area contributed by atoms with Crippen molar-refractivity contribution in [3.8, 4) is 0 Å². The number of aromatic nitrogens is 2. The number of hydrogen-bond acceptors (Lipinski definition) is 2. The molecule has 0 radical (unpaired) electrons. The van der Waals surface area contributed by atoms with Gasteiger partial charge in [0.15, 0.2) is 6.29 Å². The van der Waals surface area contributed by atoms with E-state index in [9.17, 15) is 4.79 Å². The van der Waals surface area contributed by atoms with Crippen LogP contribution in [0.5, 0.6) is 0 Å². The number of carbonyl (C=O) groups excluding carboxylic acids is 1. The molecule has 1 aliphatic rings. The standard InChI is InChI=1S/C15H16N2O/c18-11-13-14(10-12-6-2-1-3-7-12)17-9-5-4-8-15(17)16-13/h1-3,6-7,11H,4-5,8-10H2. The third-order valence-electron chi connectivity index (χ3n) is 3.54.